The monoisotopic (exact) mass is 271 g/mol. The van der Waals surface area contributed by atoms with E-state index in [1.165, 1.54) is 7.11 Å². The van der Waals surface area contributed by atoms with Crippen LogP contribution in [0.4, 0.5) is 0 Å². The maximum absolute atomic E-state index is 11.4. The summed E-state index contributed by atoms with van der Waals surface area (Å²) in [5.74, 6) is -0.234. The number of rotatable bonds is 7. The zero-order valence-electron chi connectivity index (χ0n) is 11.1. The molecule has 0 aromatic carbocycles. The highest BCUT2D eigenvalue weighted by Gasteiger charge is 2.22. The maximum atomic E-state index is 11.4. The average Bonchev–Trinajstić information content (AvgIpc) is 2.87. The predicted octanol–water partition coefficient (Wildman–Crippen LogP) is 1.96. The van der Waals surface area contributed by atoms with Crippen LogP contribution in [0.25, 0.3) is 0 Å². The molecule has 1 unspecified atom stereocenters. The quantitative estimate of drug-likeness (QED) is 0.744. The second-order valence-electron chi connectivity index (χ2n) is 5.05. The van der Waals surface area contributed by atoms with E-state index in [9.17, 15) is 9.90 Å². The van der Waals surface area contributed by atoms with Crippen LogP contribution in [0.1, 0.15) is 31.2 Å². The fraction of sp³-hybridized carbons (Fsp3) is 0.615. The van der Waals surface area contributed by atoms with Gasteiger partial charge in [0.2, 0.25) is 0 Å². The Labute approximate surface area is 112 Å². The fourth-order valence-corrected chi connectivity index (χ4v) is 2.27. The summed E-state index contributed by atoms with van der Waals surface area (Å²) >= 11 is 1.61. The normalized spacial score (nSPS) is 13.3. The van der Waals surface area contributed by atoms with Gasteiger partial charge < -0.3 is 15.2 Å². The van der Waals surface area contributed by atoms with Gasteiger partial charge >= 0.3 is 5.97 Å². The van der Waals surface area contributed by atoms with Crippen LogP contribution >= 0.6 is 11.3 Å². The lowest BCUT2D eigenvalue weighted by atomic mass is 9.94. The van der Waals surface area contributed by atoms with Crippen LogP contribution in [0.3, 0.4) is 0 Å². The van der Waals surface area contributed by atoms with Gasteiger partial charge in [-0.15, -0.1) is 11.3 Å². The lowest BCUT2D eigenvalue weighted by Crippen LogP contribution is -2.35. The van der Waals surface area contributed by atoms with Gasteiger partial charge in [-0.3, -0.25) is 4.79 Å². The molecule has 1 aromatic heterocycles. The molecule has 0 fully saturated rings. The number of carbonyl (C=O) groups excluding carboxylic acids is 1. The van der Waals surface area contributed by atoms with Crippen LogP contribution in [0.2, 0.25) is 0 Å². The second kappa shape index (κ2) is 6.87. The van der Waals surface area contributed by atoms with Crippen LogP contribution in [-0.4, -0.2) is 31.3 Å². The van der Waals surface area contributed by atoms with Gasteiger partial charge in [-0.2, -0.15) is 0 Å². The molecule has 0 saturated carbocycles. The van der Waals surface area contributed by atoms with Crippen LogP contribution in [0.5, 0.6) is 0 Å². The number of esters is 1. The smallest absolute Gasteiger partial charge is 0.307 e. The van der Waals surface area contributed by atoms with E-state index in [0.29, 0.717) is 13.0 Å². The zero-order valence-corrected chi connectivity index (χ0v) is 11.9. The van der Waals surface area contributed by atoms with E-state index in [2.05, 4.69) is 5.32 Å². The van der Waals surface area contributed by atoms with Crippen molar-refractivity contribution in [3.8, 4) is 0 Å². The summed E-state index contributed by atoms with van der Waals surface area (Å²) in [7, 11) is 1.39. The van der Waals surface area contributed by atoms with E-state index in [1.54, 1.807) is 11.3 Å². The first-order valence-corrected chi connectivity index (χ1v) is 6.81. The van der Waals surface area contributed by atoms with E-state index in [0.717, 1.165) is 4.88 Å². The predicted molar refractivity (Wildman–Crippen MR) is 72.6 cm³/mol. The van der Waals surface area contributed by atoms with Crippen LogP contribution in [0, 0.1) is 5.41 Å². The highest BCUT2D eigenvalue weighted by molar-refractivity contribution is 7.10. The van der Waals surface area contributed by atoms with Crippen molar-refractivity contribution in [3.63, 3.8) is 0 Å². The largest absolute Gasteiger partial charge is 0.469 e. The van der Waals surface area contributed by atoms with Crippen molar-refractivity contribution in [1.29, 1.82) is 0 Å². The number of thiophene rings is 1. The van der Waals surface area contributed by atoms with Gasteiger partial charge in [-0.25, -0.2) is 0 Å². The molecule has 4 nitrogen and oxygen atoms in total. The topological polar surface area (TPSA) is 58.6 Å². The summed E-state index contributed by atoms with van der Waals surface area (Å²) in [5, 5.41) is 14.5. The van der Waals surface area contributed by atoms with Gasteiger partial charge in [0.1, 0.15) is 0 Å². The molecule has 1 rings (SSSR count). The van der Waals surface area contributed by atoms with Gasteiger partial charge in [0.05, 0.1) is 19.6 Å². The van der Waals surface area contributed by atoms with Crippen molar-refractivity contribution >= 4 is 17.3 Å². The summed E-state index contributed by atoms with van der Waals surface area (Å²) in [4.78, 5) is 12.5. The van der Waals surface area contributed by atoms with Crippen molar-refractivity contribution in [3.05, 3.63) is 22.4 Å². The Morgan fingerprint density at radius 3 is 2.83 bits per heavy atom. The average molecular weight is 271 g/mol. The Morgan fingerprint density at radius 2 is 2.33 bits per heavy atom. The standard InChI is InChI=1S/C13H21NO3S/c1-13(2,9-15)8-14-10(7-12(16)17-3)11-5-4-6-18-11/h4-6,10,14-15H,7-9H2,1-3H3. The summed E-state index contributed by atoms with van der Waals surface area (Å²) in [6.07, 6.45) is 0.304. The molecular weight excluding hydrogens is 250 g/mol. The lowest BCUT2D eigenvalue weighted by molar-refractivity contribution is -0.141. The van der Waals surface area contributed by atoms with E-state index in [4.69, 9.17) is 4.74 Å². The van der Waals surface area contributed by atoms with Crippen molar-refractivity contribution < 1.29 is 14.6 Å². The molecule has 0 spiro atoms. The van der Waals surface area contributed by atoms with Crippen molar-refractivity contribution in [2.45, 2.75) is 26.3 Å². The molecule has 102 valence electrons. The Kier molecular flexibility index (Phi) is 5.78. The Balaban J connectivity index is 2.64. The molecule has 1 heterocycles. The summed E-state index contributed by atoms with van der Waals surface area (Å²) in [6.45, 7) is 4.70. The first-order valence-electron chi connectivity index (χ1n) is 5.93. The first-order chi connectivity index (χ1) is 8.48. The number of methoxy groups -OCH3 is 1. The molecule has 0 aliphatic carbocycles. The minimum atomic E-state index is -0.234. The third-order valence-corrected chi connectivity index (χ3v) is 3.73. The molecule has 0 radical (unpaired) electrons. The number of aliphatic hydroxyl groups excluding tert-OH is 1. The van der Waals surface area contributed by atoms with E-state index < -0.39 is 0 Å². The van der Waals surface area contributed by atoms with E-state index in [1.807, 2.05) is 31.4 Å². The second-order valence-corrected chi connectivity index (χ2v) is 6.03. The number of carbonyl (C=O) groups is 1. The molecule has 0 aliphatic heterocycles. The highest BCUT2D eigenvalue weighted by atomic mass is 32.1. The summed E-state index contributed by atoms with van der Waals surface area (Å²) < 4.78 is 4.71. The Morgan fingerprint density at radius 1 is 1.61 bits per heavy atom. The summed E-state index contributed by atoms with van der Waals surface area (Å²) in [5.41, 5.74) is -0.203. The number of nitrogens with one attached hydrogen (secondary N) is 1. The molecule has 0 aliphatic rings. The van der Waals surface area contributed by atoms with Crippen molar-refractivity contribution in [2.24, 2.45) is 5.41 Å². The fourth-order valence-electron chi connectivity index (χ4n) is 1.47. The lowest BCUT2D eigenvalue weighted by Gasteiger charge is -2.25. The number of aliphatic hydroxyl groups is 1. The van der Waals surface area contributed by atoms with Crippen LogP contribution in [0.15, 0.2) is 17.5 Å². The third kappa shape index (κ3) is 4.76. The molecular formula is C13H21NO3S. The molecule has 1 aromatic rings. The first kappa shape index (κ1) is 15.1. The number of hydrogen-bond acceptors (Lipinski definition) is 5. The van der Waals surface area contributed by atoms with Crippen LogP contribution < -0.4 is 5.32 Å². The molecule has 5 heteroatoms. The molecule has 0 bridgehead atoms. The van der Waals surface area contributed by atoms with Gasteiger partial charge in [0, 0.05) is 23.4 Å². The molecule has 0 amide bonds. The van der Waals surface area contributed by atoms with Crippen molar-refractivity contribution in [1.82, 2.24) is 5.32 Å². The summed E-state index contributed by atoms with van der Waals surface area (Å²) in [6, 6.07) is 3.91. The molecule has 1 atom stereocenters. The SMILES string of the molecule is COC(=O)CC(NCC(C)(C)CO)c1cccs1. The molecule has 0 saturated heterocycles. The molecule has 2 N–H and O–H groups in total. The van der Waals surface area contributed by atoms with E-state index in [-0.39, 0.29) is 24.0 Å². The zero-order chi connectivity index (χ0) is 13.6. The highest BCUT2D eigenvalue weighted by Crippen LogP contribution is 2.24. The number of ether oxygens (including phenoxy) is 1. The molecule has 18 heavy (non-hydrogen) atoms. The van der Waals surface area contributed by atoms with Gasteiger partial charge in [-0.1, -0.05) is 19.9 Å². The van der Waals surface area contributed by atoms with E-state index >= 15 is 0 Å². The minimum absolute atomic E-state index is 0.0525. The third-order valence-electron chi connectivity index (χ3n) is 2.74. The Hall–Kier alpha value is -0.910. The van der Waals surface area contributed by atoms with Gasteiger partial charge in [0.15, 0.2) is 0 Å². The van der Waals surface area contributed by atoms with Gasteiger partial charge in [-0.05, 0) is 11.4 Å². The van der Waals surface area contributed by atoms with Crippen molar-refractivity contribution in [2.75, 3.05) is 20.3 Å². The Bertz CT molecular complexity index is 362. The number of hydrogen-bond donors (Lipinski definition) is 2. The van der Waals surface area contributed by atoms with Gasteiger partial charge in [0.25, 0.3) is 0 Å². The van der Waals surface area contributed by atoms with Crippen LogP contribution in [-0.2, 0) is 9.53 Å². The maximum Gasteiger partial charge on any atom is 0.307 e. The minimum Gasteiger partial charge on any atom is -0.469 e.